The Labute approximate surface area is 172 Å². The molecule has 0 spiro atoms. The molecule has 8 nitrogen and oxygen atoms in total. The number of aryl methyl sites for hydroxylation is 1. The maximum Gasteiger partial charge on any atom is 0.415 e. The number of hydrogen-bond acceptors (Lipinski definition) is 5. The molecule has 2 aliphatic heterocycles. The predicted molar refractivity (Wildman–Crippen MR) is 109 cm³/mol. The number of ether oxygens (including phenoxy) is 2. The van der Waals surface area contributed by atoms with E-state index in [1.807, 2.05) is 18.2 Å². The number of rotatable bonds is 4. The first-order chi connectivity index (χ1) is 14.6. The van der Waals surface area contributed by atoms with Gasteiger partial charge in [-0.2, -0.15) is 4.98 Å². The summed E-state index contributed by atoms with van der Waals surface area (Å²) < 4.78 is 14.2. The van der Waals surface area contributed by atoms with Gasteiger partial charge in [0, 0.05) is 31.0 Å². The second kappa shape index (κ2) is 7.46. The van der Waals surface area contributed by atoms with Gasteiger partial charge in [0.05, 0.1) is 17.5 Å². The summed E-state index contributed by atoms with van der Waals surface area (Å²) >= 11 is 0. The van der Waals surface area contributed by atoms with Gasteiger partial charge < -0.3 is 14.6 Å². The zero-order chi connectivity index (χ0) is 20.7. The smallest absolute Gasteiger partial charge is 0.415 e. The van der Waals surface area contributed by atoms with Crippen LogP contribution in [-0.2, 0) is 17.7 Å². The fourth-order valence-electron chi connectivity index (χ4n) is 4.18. The molecule has 1 atom stereocenters. The van der Waals surface area contributed by atoms with Crippen molar-refractivity contribution in [3.63, 3.8) is 0 Å². The van der Waals surface area contributed by atoms with E-state index in [4.69, 9.17) is 9.47 Å². The summed E-state index contributed by atoms with van der Waals surface area (Å²) in [6.07, 6.45) is 3.19. The van der Waals surface area contributed by atoms with Gasteiger partial charge in [-0.05, 0) is 48.6 Å². The van der Waals surface area contributed by atoms with Crippen molar-refractivity contribution < 1.29 is 19.4 Å². The van der Waals surface area contributed by atoms with Gasteiger partial charge in [-0.15, -0.1) is 0 Å². The molecular formula is C22H21N3O5. The Hall–Kier alpha value is -3.39. The first kappa shape index (κ1) is 18.6. The minimum atomic E-state index is -1.02. The van der Waals surface area contributed by atoms with Crippen LogP contribution in [0.15, 0.2) is 47.4 Å². The Morgan fingerprint density at radius 3 is 2.97 bits per heavy atom. The standard InChI is InChI=1S/C22H21N3O5/c26-21-23-20(30-13-16-3-2-10-29-16)12-19-17-6-5-15(11-14(17)7-9-24(19)21)18-4-1-8-25(18)22(27)28/h1,4-6,8,11-12,16H,2-3,7,9-10,13H2,(H,27,28). The van der Waals surface area contributed by atoms with E-state index in [-0.39, 0.29) is 11.8 Å². The molecule has 1 saturated heterocycles. The maximum atomic E-state index is 12.5. The minimum absolute atomic E-state index is 0.0471. The van der Waals surface area contributed by atoms with Gasteiger partial charge in [-0.25, -0.2) is 9.59 Å². The molecular weight excluding hydrogens is 386 g/mol. The fraction of sp³-hybridized carbons (Fsp3) is 0.318. The molecule has 2 aromatic heterocycles. The molecule has 0 amide bonds. The van der Waals surface area contributed by atoms with Crippen LogP contribution in [0.4, 0.5) is 4.79 Å². The highest BCUT2D eigenvalue weighted by Crippen LogP contribution is 2.33. The van der Waals surface area contributed by atoms with E-state index in [1.54, 1.807) is 22.8 Å². The second-order valence-corrected chi connectivity index (χ2v) is 7.53. The van der Waals surface area contributed by atoms with E-state index in [9.17, 15) is 14.7 Å². The summed E-state index contributed by atoms with van der Waals surface area (Å²) in [6.45, 7) is 1.65. The Balaban J connectivity index is 1.49. The van der Waals surface area contributed by atoms with Gasteiger partial charge in [0.2, 0.25) is 5.88 Å². The van der Waals surface area contributed by atoms with Crippen molar-refractivity contribution in [1.29, 1.82) is 0 Å². The monoisotopic (exact) mass is 407 g/mol. The molecule has 154 valence electrons. The Kier molecular flexibility index (Phi) is 4.63. The number of fused-ring (bicyclic) bond motifs is 3. The molecule has 4 heterocycles. The van der Waals surface area contributed by atoms with Crippen LogP contribution in [0.2, 0.25) is 0 Å². The SMILES string of the molecule is O=C(O)n1cccc1-c1ccc2c(c1)CCn1c-2cc(OCC2CCCO2)nc1=O. The van der Waals surface area contributed by atoms with Crippen molar-refractivity contribution in [3.05, 3.63) is 58.6 Å². The van der Waals surface area contributed by atoms with E-state index in [2.05, 4.69) is 4.98 Å². The number of carbonyl (C=O) groups is 1. The van der Waals surface area contributed by atoms with Crippen LogP contribution in [0.1, 0.15) is 18.4 Å². The molecule has 3 aromatic rings. The van der Waals surface area contributed by atoms with E-state index in [1.165, 1.54) is 10.8 Å². The summed E-state index contributed by atoms with van der Waals surface area (Å²) in [4.78, 5) is 28.0. The summed E-state index contributed by atoms with van der Waals surface area (Å²) in [7, 11) is 0. The molecule has 0 radical (unpaired) electrons. The average Bonchev–Trinajstić information content (AvgIpc) is 3.43. The minimum Gasteiger partial charge on any atom is -0.475 e. The van der Waals surface area contributed by atoms with Gasteiger partial charge in [0.1, 0.15) is 6.61 Å². The van der Waals surface area contributed by atoms with E-state index >= 15 is 0 Å². The number of benzene rings is 1. The largest absolute Gasteiger partial charge is 0.475 e. The zero-order valence-corrected chi connectivity index (χ0v) is 16.3. The molecule has 8 heteroatoms. The van der Waals surface area contributed by atoms with E-state index < -0.39 is 6.09 Å². The van der Waals surface area contributed by atoms with Gasteiger partial charge >= 0.3 is 11.8 Å². The number of nitrogens with zero attached hydrogens (tertiary/aromatic N) is 3. The topological polar surface area (TPSA) is 95.6 Å². The van der Waals surface area contributed by atoms with Crippen LogP contribution in [0, 0.1) is 0 Å². The number of carboxylic acid groups (broad SMARTS) is 1. The van der Waals surface area contributed by atoms with Crippen molar-refractivity contribution in [1.82, 2.24) is 14.1 Å². The van der Waals surface area contributed by atoms with Crippen LogP contribution in [0.3, 0.4) is 0 Å². The Morgan fingerprint density at radius 2 is 2.17 bits per heavy atom. The average molecular weight is 407 g/mol. The summed E-state index contributed by atoms with van der Waals surface area (Å²) in [5.41, 5.74) is 3.86. The van der Waals surface area contributed by atoms with Crippen molar-refractivity contribution in [2.24, 2.45) is 0 Å². The molecule has 5 rings (SSSR count). The van der Waals surface area contributed by atoms with Gasteiger partial charge in [0.25, 0.3) is 0 Å². The summed E-state index contributed by atoms with van der Waals surface area (Å²) in [6, 6.07) is 11.1. The lowest BCUT2D eigenvalue weighted by Crippen LogP contribution is -2.29. The highest BCUT2D eigenvalue weighted by Gasteiger charge is 2.22. The highest BCUT2D eigenvalue weighted by molar-refractivity contribution is 5.79. The molecule has 0 saturated carbocycles. The predicted octanol–water partition coefficient (Wildman–Crippen LogP) is 3.02. The maximum absolute atomic E-state index is 12.5. The molecule has 1 unspecified atom stereocenters. The first-order valence-electron chi connectivity index (χ1n) is 10.0. The summed E-state index contributed by atoms with van der Waals surface area (Å²) in [5.74, 6) is 0.304. The van der Waals surface area contributed by atoms with Crippen LogP contribution in [-0.4, -0.2) is 44.6 Å². The van der Waals surface area contributed by atoms with Crippen molar-refractivity contribution >= 4 is 6.09 Å². The van der Waals surface area contributed by atoms with Gasteiger partial charge in [-0.1, -0.05) is 12.1 Å². The first-order valence-corrected chi connectivity index (χ1v) is 10.0. The van der Waals surface area contributed by atoms with E-state index in [0.717, 1.165) is 41.8 Å². The lowest BCUT2D eigenvalue weighted by Gasteiger charge is -2.22. The highest BCUT2D eigenvalue weighted by atomic mass is 16.5. The third-order valence-electron chi connectivity index (χ3n) is 5.67. The Bertz CT molecular complexity index is 1170. The fourth-order valence-corrected chi connectivity index (χ4v) is 4.18. The molecule has 1 N–H and O–H groups in total. The van der Waals surface area contributed by atoms with Crippen molar-refractivity contribution in [2.45, 2.75) is 31.9 Å². The van der Waals surface area contributed by atoms with Crippen molar-refractivity contribution in [3.8, 4) is 28.4 Å². The molecule has 30 heavy (non-hydrogen) atoms. The van der Waals surface area contributed by atoms with Crippen molar-refractivity contribution in [2.75, 3.05) is 13.2 Å². The number of hydrogen-bond donors (Lipinski definition) is 1. The molecule has 1 aromatic carbocycles. The molecule has 1 fully saturated rings. The van der Waals surface area contributed by atoms with Crippen LogP contribution in [0.25, 0.3) is 22.5 Å². The normalized spacial score (nSPS) is 17.4. The van der Waals surface area contributed by atoms with Crippen LogP contribution in [0.5, 0.6) is 5.88 Å². The van der Waals surface area contributed by atoms with Gasteiger partial charge in [-0.3, -0.25) is 9.13 Å². The summed E-state index contributed by atoms with van der Waals surface area (Å²) in [5, 5.41) is 9.37. The lowest BCUT2D eigenvalue weighted by molar-refractivity contribution is 0.0661. The third-order valence-corrected chi connectivity index (χ3v) is 5.67. The third kappa shape index (κ3) is 3.29. The van der Waals surface area contributed by atoms with Gasteiger partial charge in [0.15, 0.2) is 0 Å². The Morgan fingerprint density at radius 1 is 1.27 bits per heavy atom. The van der Waals surface area contributed by atoms with E-state index in [0.29, 0.717) is 31.1 Å². The lowest BCUT2D eigenvalue weighted by atomic mass is 9.94. The molecule has 0 bridgehead atoms. The van der Waals surface area contributed by atoms with Crippen LogP contribution >= 0.6 is 0 Å². The molecule has 2 aliphatic rings. The molecule has 0 aliphatic carbocycles. The van der Waals surface area contributed by atoms with Crippen LogP contribution < -0.4 is 10.4 Å². The second-order valence-electron chi connectivity index (χ2n) is 7.53. The quantitative estimate of drug-likeness (QED) is 0.714. The number of aromatic nitrogens is 3. The zero-order valence-electron chi connectivity index (χ0n) is 16.3.